The summed E-state index contributed by atoms with van der Waals surface area (Å²) < 4.78 is 0. The van der Waals surface area contributed by atoms with Crippen LogP contribution in [0.5, 0.6) is 0 Å². The van der Waals surface area contributed by atoms with Gasteiger partial charge in [0.15, 0.2) is 5.11 Å². The van der Waals surface area contributed by atoms with Crippen molar-refractivity contribution < 1.29 is 0 Å². The second-order valence-electron chi connectivity index (χ2n) is 5.90. The molecule has 0 spiro atoms. The normalized spacial score (nSPS) is 14.7. The van der Waals surface area contributed by atoms with Gasteiger partial charge < -0.3 is 15.1 Å². The molecule has 1 N–H and O–H groups in total. The van der Waals surface area contributed by atoms with Crippen LogP contribution in [0.4, 0.5) is 5.69 Å². The molecule has 1 aliphatic heterocycles. The largest absolute Gasteiger partial charge is 0.368 e. The number of piperazine rings is 1. The number of nitrogens with one attached hydrogen (secondary N) is 1. The summed E-state index contributed by atoms with van der Waals surface area (Å²) in [4.78, 5) is 4.72. The van der Waals surface area contributed by atoms with Crippen molar-refractivity contribution in [1.29, 1.82) is 0 Å². The van der Waals surface area contributed by atoms with Gasteiger partial charge in [-0.15, -0.1) is 0 Å². The van der Waals surface area contributed by atoms with Crippen LogP contribution in [0, 0.1) is 6.92 Å². The average molecular weight is 325 g/mol. The van der Waals surface area contributed by atoms with E-state index < -0.39 is 0 Å². The number of hydrogen-bond acceptors (Lipinski definition) is 2. The van der Waals surface area contributed by atoms with Crippen LogP contribution in [0.2, 0.25) is 0 Å². The Kier molecular flexibility index (Phi) is 5.13. The molecule has 3 nitrogen and oxygen atoms in total. The number of para-hydroxylation sites is 1. The van der Waals surface area contributed by atoms with Crippen LogP contribution in [-0.2, 0) is 6.54 Å². The van der Waals surface area contributed by atoms with Crippen molar-refractivity contribution in [3.8, 4) is 0 Å². The summed E-state index contributed by atoms with van der Waals surface area (Å²) in [7, 11) is 0. The van der Waals surface area contributed by atoms with Gasteiger partial charge in [0, 0.05) is 38.4 Å². The van der Waals surface area contributed by atoms with E-state index in [4.69, 9.17) is 12.2 Å². The zero-order chi connectivity index (χ0) is 16.1. The Morgan fingerprint density at radius 1 is 0.957 bits per heavy atom. The molecule has 1 aliphatic rings. The summed E-state index contributed by atoms with van der Waals surface area (Å²) in [6.07, 6.45) is 0. The number of hydrogen-bond donors (Lipinski definition) is 1. The van der Waals surface area contributed by atoms with Crippen molar-refractivity contribution in [2.75, 3.05) is 31.1 Å². The number of rotatable bonds is 3. The van der Waals surface area contributed by atoms with Gasteiger partial charge in [-0.3, -0.25) is 0 Å². The number of anilines is 1. The van der Waals surface area contributed by atoms with Crippen LogP contribution in [0.3, 0.4) is 0 Å². The van der Waals surface area contributed by atoms with E-state index in [2.05, 4.69) is 70.6 Å². The Morgan fingerprint density at radius 2 is 1.61 bits per heavy atom. The van der Waals surface area contributed by atoms with E-state index in [0.29, 0.717) is 0 Å². The van der Waals surface area contributed by atoms with Crippen LogP contribution in [0.15, 0.2) is 54.6 Å². The average Bonchev–Trinajstić information content (AvgIpc) is 2.61. The Hall–Kier alpha value is -2.07. The highest BCUT2D eigenvalue weighted by Crippen LogP contribution is 2.20. The molecule has 2 aromatic carbocycles. The molecule has 120 valence electrons. The summed E-state index contributed by atoms with van der Waals surface area (Å²) in [5.74, 6) is 0. The van der Waals surface area contributed by atoms with Crippen molar-refractivity contribution in [2.24, 2.45) is 0 Å². The first-order valence-corrected chi connectivity index (χ1v) is 8.52. The molecule has 0 saturated carbocycles. The molecule has 23 heavy (non-hydrogen) atoms. The quantitative estimate of drug-likeness (QED) is 0.873. The fraction of sp³-hybridized carbons (Fsp3) is 0.316. The lowest BCUT2D eigenvalue weighted by molar-refractivity contribution is 0.380. The molecule has 2 aromatic rings. The molecule has 3 rings (SSSR count). The fourth-order valence-electron chi connectivity index (χ4n) is 2.95. The van der Waals surface area contributed by atoms with Crippen LogP contribution >= 0.6 is 12.2 Å². The van der Waals surface area contributed by atoms with E-state index in [1.807, 2.05) is 6.07 Å². The molecule has 0 unspecified atom stereocenters. The number of thiocarbonyl (C=S) groups is 1. The minimum atomic E-state index is 0.789. The second kappa shape index (κ2) is 7.47. The molecule has 0 bridgehead atoms. The van der Waals surface area contributed by atoms with Gasteiger partial charge in [0.1, 0.15) is 0 Å². The zero-order valence-electron chi connectivity index (χ0n) is 13.5. The molecule has 0 aliphatic carbocycles. The summed E-state index contributed by atoms with van der Waals surface area (Å²) in [6, 6.07) is 19.0. The molecule has 1 heterocycles. The lowest BCUT2D eigenvalue weighted by Crippen LogP contribution is -2.51. The lowest BCUT2D eigenvalue weighted by Gasteiger charge is -2.38. The first-order chi connectivity index (χ1) is 11.2. The van der Waals surface area contributed by atoms with Gasteiger partial charge in [0.25, 0.3) is 0 Å². The van der Waals surface area contributed by atoms with Crippen LogP contribution in [0.1, 0.15) is 11.1 Å². The highest BCUT2D eigenvalue weighted by atomic mass is 32.1. The lowest BCUT2D eigenvalue weighted by atomic mass is 10.1. The predicted molar refractivity (Wildman–Crippen MR) is 101 cm³/mol. The Labute approximate surface area is 143 Å². The third kappa shape index (κ3) is 4.02. The summed E-state index contributed by atoms with van der Waals surface area (Å²) in [5, 5.41) is 4.23. The van der Waals surface area contributed by atoms with Crippen LogP contribution in [-0.4, -0.2) is 36.2 Å². The monoisotopic (exact) mass is 325 g/mol. The van der Waals surface area contributed by atoms with E-state index in [-0.39, 0.29) is 0 Å². The molecule has 0 aromatic heterocycles. The first kappa shape index (κ1) is 15.8. The molecule has 0 radical (unpaired) electrons. The Balaban J connectivity index is 1.50. The van der Waals surface area contributed by atoms with Gasteiger partial charge in [0.2, 0.25) is 0 Å². The highest BCUT2D eigenvalue weighted by molar-refractivity contribution is 7.80. The number of nitrogens with zero attached hydrogens (tertiary/aromatic N) is 2. The summed E-state index contributed by atoms with van der Waals surface area (Å²) in [6.45, 7) is 6.92. The van der Waals surface area contributed by atoms with E-state index in [1.165, 1.54) is 16.8 Å². The van der Waals surface area contributed by atoms with Gasteiger partial charge in [-0.25, -0.2) is 0 Å². The van der Waals surface area contributed by atoms with E-state index in [9.17, 15) is 0 Å². The SMILES string of the molecule is Cc1ccccc1N1CCN(C(=S)NCc2ccccc2)CC1. The van der Waals surface area contributed by atoms with Gasteiger partial charge in [0.05, 0.1) is 0 Å². The molecule has 1 saturated heterocycles. The van der Waals surface area contributed by atoms with Gasteiger partial charge >= 0.3 is 0 Å². The standard InChI is InChI=1S/C19H23N3S/c1-16-7-5-6-10-18(16)21-11-13-22(14-12-21)19(23)20-15-17-8-3-2-4-9-17/h2-10H,11-15H2,1H3,(H,20,23). The molecular weight excluding hydrogens is 302 g/mol. The molecule has 0 amide bonds. The van der Waals surface area contributed by atoms with Crippen molar-refractivity contribution in [3.63, 3.8) is 0 Å². The van der Waals surface area contributed by atoms with E-state index in [0.717, 1.165) is 37.8 Å². The predicted octanol–water partition coefficient (Wildman–Crippen LogP) is 3.19. The van der Waals surface area contributed by atoms with Gasteiger partial charge in [-0.1, -0.05) is 48.5 Å². The van der Waals surface area contributed by atoms with E-state index >= 15 is 0 Å². The van der Waals surface area contributed by atoms with Gasteiger partial charge in [-0.05, 0) is 36.3 Å². The first-order valence-electron chi connectivity index (χ1n) is 8.11. The van der Waals surface area contributed by atoms with Gasteiger partial charge in [-0.2, -0.15) is 0 Å². The van der Waals surface area contributed by atoms with Crippen molar-refractivity contribution in [1.82, 2.24) is 10.2 Å². The molecule has 4 heteroatoms. The van der Waals surface area contributed by atoms with Crippen LogP contribution in [0.25, 0.3) is 0 Å². The smallest absolute Gasteiger partial charge is 0.169 e. The maximum absolute atomic E-state index is 5.55. The summed E-state index contributed by atoms with van der Waals surface area (Å²) >= 11 is 5.55. The summed E-state index contributed by atoms with van der Waals surface area (Å²) in [5.41, 5.74) is 3.94. The van der Waals surface area contributed by atoms with Crippen LogP contribution < -0.4 is 10.2 Å². The second-order valence-corrected chi connectivity index (χ2v) is 6.29. The van der Waals surface area contributed by atoms with E-state index in [1.54, 1.807) is 0 Å². The number of benzene rings is 2. The molecule has 0 atom stereocenters. The highest BCUT2D eigenvalue weighted by Gasteiger charge is 2.19. The topological polar surface area (TPSA) is 18.5 Å². The minimum absolute atomic E-state index is 0.789. The Morgan fingerprint density at radius 3 is 2.30 bits per heavy atom. The molecule has 1 fully saturated rings. The Bertz CT molecular complexity index is 649. The maximum atomic E-state index is 5.55. The van der Waals surface area contributed by atoms with Crippen molar-refractivity contribution >= 4 is 23.0 Å². The number of aryl methyl sites for hydroxylation is 1. The third-order valence-electron chi connectivity index (χ3n) is 4.31. The third-order valence-corrected chi connectivity index (χ3v) is 4.71. The zero-order valence-corrected chi connectivity index (χ0v) is 14.4. The van der Waals surface area contributed by atoms with Crippen molar-refractivity contribution in [3.05, 3.63) is 65.7 Å². The maximum Gasteiger partial charge on any atom is 0.169 e. The fourth-order valence-corrected chi connectivity index (χ4v) is 3.21. The molecular formula is C19H23N3S. The minimum Gasteiger partial charge on any atom is -0.368 e. The van der Waals surface area contributed by atoms with Crippen molar-refractivity contribution in [2.45, 2.75) is 13.5 Å².